The number of carbonyl (C=O) groups excluding carboxylic acids is 1. The van der Waals surface area contributed by atoms with E-state index in [0.29, 0.717) is 11.6 Å². The van der Waals surface area contributed by atoms with Gasteiger partial charge in [0.2, 0.25) is 0 Å². The van der Waals surface area contributed by atoms with Crippen LogP contribution in [0.3, 0.4) is 0 Å². The van der Waals surface area contributed by atoms with Crippen LogP contribution in [-0.4, -0.2) is 18.5 Å². The molecule has 0 radical (unpaired) electrons. The summed E-state index contributed by atoms with van der Waals surface area (Å²) < 4.78 is 0. The first-order valence-electron chi connectivity index (χ1n) is 8.94. The van der Waals surface area contributed by atoms with Crippen molar-refractivity contribution < 1.29 is 4.79 Å². The van der Waals surface area contributed by atoms with Crippen LogP contribution in [0.4, 0.5) is 11.4 Å². The number of nitrogens with zero attached hydrogens (tertiary/aromatic N) is 1. The van der Waals surface area contributed by atoms with Gasteiger partial charge in [0.1, 0.15) is 0 Å². The molecule has 0 aliphatic carbocycles. The van der Waals surface area contributed by atoms with Gasteiger partial charge in [-0.05, 0) is 74.6 Å². The van der Waals surface area contributed by atoms with E-state index >= 15 is 0 Å². The van der Waals surface area contributed by atoms with E-state index in [9.17, 15) is 4.79 Å². The topological polar surface area (TPSA) is 32.3 Å². The van der Waals surface area contributed by atoms with Crippen molar-refractivity contribution in [2.24, 2.45) is 0 Å². The Bertz CT molecular complexity index is 676. The van der Waals surface area contributed by atoms with E-state index in [0.717, 1.165) is 18.7 Å². The molecule has 1 amide bonds. The molecule has 0 aromatic heterocycles. The van der Waals surface area contributed by atoms with Crippen molar-refractivity contribution in [1.82, 2.24) is 0 Å². The molecule has 1 aliphatic heterocycles. The summed E-state index contributed by atoms with van der Waals surface area (Å²) in [5, 5.41) is 2.98. The quantitative estimate of drug-likeness (QED) is 0.870. The lowest BCUT2D eigenvalue weighted by Crippen LogP contribution is -2.37. The third kappa shape index (κ3) is 3.78. The lowest BCUT2D eigenvalue weighted by Gasteiger charge is -2.35. The van der Waals surface area contributed by atoms with Gasteiger partial charge in [-0.3, -0.25) is 4.79 Å². The molecule has 3 heteroatoms. The summed E-state index contributed by atoms with van der Waals surface area (Å²) in [4.78, 5) is 14.8. The summed E-state index contributed by atoms with van der Waals surface area (Å²) in [5.74, 6) is -0.0586. The largest absolute Gasteiger partial charge is 0.369 e. The van der Waals surface area contributed by atoms with Crippen molar-refractivity contribution in [1.29, 1.82) is 0 Å². The minimum Gasteiger partial charge on any atom is -0.369 e. The standard InChI is InChI=1S/C21H26N2O/c1-3-17-7-9-18(10-8-17)21(24)22-19-11-13-20(14-12-19)23-15-5-4-6-16(23)2/h7-14,16H,3-6,15H2,1-2H3,(H,22,24)/t16-/m0/s1. The number of aryl methyl sites for hydroxylation is 1. The molecule has 0 unspecified atom stereocenters. The molecule has 3 nitrogen and oxygen atoms in total. The molecular formula is C21H26N2O. The van der Waals surface area contributed by atoms with Crippen molar-refractivity contribution in [3.8, 4) is 0 Å². The third-order valence-corrected chi connectivity index (χ3v) is 4.88. The first-order chi connectivity index (χ1) is 11.7. The molecule has 1 atom stereocenters. The fourth-order valence-electron chi connectivity index (χ4n) is 3.31. The van der Waals surface area contributed by atoms with E-state index in [-0.39, 0.29) is 5.91 Å². The Morgan fingerprint density at radius 2 is 1.79 bits per heavy atom. The fraction of sp³-hybridized carbons (Fsp3) is 0.381. The molecule has 1 N–H and O–H groups in total. The summed E-state index contributed by atoms with van der Waals surface area (Å²) in [6.07, 6.45) is 4.82. The Hall–Kier alpha value is -2.29. The third-order valence-electron chi connectivity index (χ3n) is 4.88. The summed E-state index contributed by atoms with van der Waals surface area (Å²) in [6.45, 7) is 5.52. The number of rotatable bonds is 4. The second kappa shape index (κ2) is 7.52. The Morgan fingerprint density at radius 1 is 1.08 bits per heavy atom. The van der Waals surface area contributed by atoms with Crippen molar-refractivity contribution in [2.75, 3.05) is 16.8 Å². The number of benzene rings is 2. The van der Waals surface area contributed by atoms with E-state index in [4.69, 9.17) is 0 Å². The molecule has 1 aliphatic rings. The highest BCUT2D eigenvalue weighted by molar-refractivity contribution is 6.04. The number of piperidine rings is 1. The van der Waals surface area contributed by atoms with Crippen molar-refractivity contribution in [2.45, 2.75) is 45.6 Å². The highest BCUT2D eigenvalue weighted by atomic mass is 16.1. The molecule has 1 saturated heterocycles. The van der Waals surface area contributed by atoms with Crippen LogP contribution in [0.5, 0.6) is 0 Å². The maximum atomic E-state index is 12.3. The molecule has 126 valence electrons. The van der Waals surface area contributed by atoms with Crippen LogP contribution in [0.2, 0.25) is 0 Å². The average molecular weight is 322 g/mol. The predicted octanol–water partition coefficient (Wildman–Crippen LogP) is 4.88. The smallest absolute Gasteiger partial charge is 0.255 e. The van der Waals surface area contributed by atoms with E-state index < -0.39 is 0 Å². The first-order valence-corrected chi connectivity index (χ1v) is 8.94. The molecular weight excluding hydrogens is 296 g/mol. The molecule has 2 aromatic rings. The molecule has 3 rings (SSSR count). The lowest BCUT2D eigenvalue weighted by atomic mass is 10.0. The number of nitrogens with one attached hydrogen (secondary N) is 1. The number of amides is 1. The number of anilines is 2. The van der Waals surface area contributed by atoms with Gasteiger partial charge in [0, 0.05) is 29.5 Å². The van der Waals surface area contributed by atoms with Crippen LogP contribution in [0.1, 0.15) is 49.0 Å². The predicted molar refractivity (Wildman–Crippen MR) is 101 cm³/mol. The Kier molecular flexibility index (Phi) is 5.19. The highest BCUT2D eigenvalue weighted by Gasteiger charge is 2.18. The van der Waals surface area contributed by atoms with E-state index in [1.165, 1.54) is 30.5 Å². The van der Waals surface area contributed by atoms with Crippen molar-refractivity contribution >= 4 is 17.3 Å². The summed E-state index contributed by atoms with van der Waals surface area (Å²) in [5.41, 5.74) is 4.02. The van der Waals surface area contributed by atoms with Gasteiger partial charge < -0.3 is 10.2 Å². The summed E-state index contributed by atoms with van der Waals surface area (Å²) >= 11 is 0. The van der Waals surface area contributed by atoms with Gasteiger partial charge in [0.15, 0.2) is 0 Å². The lowest BCUT2D eigenvalue weighted by molar-refractivity contribution is 0.102. The fourth-order valence-corrected chi connectivity index (χ4v) is 3.31. The van der Waals surface area contributed by atoms with Gasteiger partial charge in [0.05, 0.1) is 0 Å². The molecule has 24 heavy (non-hydrogen) atoms. The van der Waals surface area contributed by atoms with Gasteiger partial charge in [-0.15, -0.1) is 0 Å². The van der Waals surface area contributed by atoms with Crippen LogP contribution in [0, 0.1) is 0 Å². The Labute approximate surface area is 144 Å². The number of carbonyl (C=O) groups is 1. The van der Waals surface area contributed by atoms with Gasteiger partial charge >= 0.3 is 0 Å². The average Bonchev–Trinajstić information content (AvgIpc) is 2.63. The van der Waals surface area contributed by atoms with Crippen LogP contribution >= 0.6 is 0 Å². The second-order valence-electron chi connectivity index (χ2n) is 6.59. The zero-order valence-corrected chi connectivity index (χ0v) is 14.6. The van der Waals surface area contributed by atoms with Gasteiger partial charge in [-0.2, -0.15) is 0 Å². The minimum atomic E-state index is -0.0586. The number of hydrogen-bond donors (Lipinski definition) is 1. The first kappa shape index (κ1) is 16.6. The zero-order valence-electron chi connectivity index (χ0n) is 14.6. The SMILES string of the molecule is CCc1ccc(C(=O)Nc2ccc(N3CCCC[C@@H]3C)cc2)cc1. The molecule has 2 aromatic carbocycles. The highest BCUT2D eigenvalue weighted by Crippen LogP contribution is 2.26. The molecule has 0 bridgehead atoms. The van der Waals surface area contributed by atoms with Gasteiger partial charge in [-0.1, -0.05) is 19.1 Å². The van der Waals surface area contributed by atoms with E-state index in [1.807, 2.05) is 36.4 Å². The second-order valence-corrected chi connectivity index (χ2v) is 6.59. The van der Waals surface area contributed by atoms with Crippen LogP contribution in [0.15, 0.2) is 48.5 Å². The molecule has 0 spiro atoms. The molecule has 0 saturated carbocycles. The Morgan fingerprint density at radius 3 is 2.42 bits per heavy atom. The zero-order chi connectivity index (χ0) is 16.9. The normalized spacial score (nSPS) is 17.6. The molecule has 1 fully saturated rings. The van der Waals surface area contributed by atoms with Gasteiger partial charge in [-0.25, -0.2) is 0 Å². The summed E-state index contributed by atoms with van der Waals surface area (Å²) in [6, 6.07) is 16.6. The summed E-state index contributed by atoms with van der Waals surface area (Å²) in [7, 11) is 0. The minimum absolute atomic E-state index is 0.0586. The van der Waals surface area contributed by atoms with Crippen LogP contribution in [0.25, 0.3) is 0 Å². The number of hydrogen-bond acceptors (Lipinski definition) is 2. The molecule has 1 heterocycles. The monoisotopic (exact) mass is 322 g/mol. The van der Waals surface area contributed by atoms with E-state index in [1.54, 1.807) is 0 Å². The van der Waals surface area contributed by atoms with E-state index in [2.05, 4.69) is 36.2 Å². The Balaban J connectivity index is 1.65. The van der Waals surface area contributed by atoms with Crippen molar-refractivity contribution in [3.63, 3.8) is 0 Å². The van der Waals surface area contributed by atoms with Gasteiger partial charge in [0.25, 0.3) is 5.91 Å². The maximum Gasteiger partial charge on any atom is 0.255 e. The maximum absolute atomic E-state index is 12.3. The van der Waals surface area contributed by atoms with Crippen LogP contribution in [-0.2, 0) is 6.42 Å². The van der Waals surface area contributed by atoms with Crippen LogP contribution < -0.4 is 10.2 Å². The van der Waals surface area contributed by atoms with Crippen molar-refractivity contribution in [3.05, 3.63) is 59.7 Å².